The summed E-state index contributed by atoms with van der Waals surface area (Å²) in [6.07, 6.45) is 4.91. The summed E-state index contributed by atoms with van der Waals surface area (Å²) in [6, 6.07) is 12.9. The zero-order valence-electron chi connectivity index (χ0n) is 18.5. The van der Waals surface area contributed by atoms with Crippen molar-refractivity contribution in [2.24, 2.45) is 23.7 Å². The molecule has 2 aromatic carbocycles. The van der Waals surface area contributed by atoms with Crippen LogP contribution in [0.2, 0.25) is 5.02 Å². The predicted octanol–water partition coefficient (Wildman–Crippen LogP) is 4.00. The minimum Gasteiger partial charge on any atom is -0.454 e. The van der Waals surface area contributed by atoms with Crippen LogP contribution in [0.5, 0.6) is 0 Å². The van der Waals surface area contributed by atoms with E-state index in [1.807, 2.05) is 42.5 Å². The number of fused-ring (bicyclic) bond motifs is 5. The average molecular weight is 558 g/mol. The number of anilines is 1. The number of nitrogens with one attached hydrogen (secondary N) is 1. The Labute approximate surface area is 215 Å². The van der Waals surface area contributed by atoms with E-state index in [0.29, 0.717) is 10.7 Å². The van der Waals surface area contributed by atoms with E-state index in [9.17, 15) is 19.2 Å². The first-order valence-electron chi connectivity index (χ1n) is 11.3. The molecule has 1 saturated heterocycles. The van der Waals surface area contributed by atoms with Gasteiger partial charge in [-0.15, -0.1) is 0 Å². The summed E-state index contributed by atoms with van der Waals surface area (Å²) in [5.41, 5.74) is 1.15. The van der Waals surface area contributed by atoms with Gasteiger partial charge in [0, 0.05) is 10.9 Å². The molecule has 2 fully saturated rings. The molecule has 1 aliphatic heterocycles. The van der Waals surface area contributed by atoms with E-state index in [1.54, 1.807) is 18.2 Å². The number of likely N-dealkylation sites (tertiary alicyclic amines) is 1. The molecular weight excluding hydrogens is 536 g/mol. The van der Waals surface area contributed by atoms with E-state index in [2.05, 4.69) is 21.2 Å². The number of hydrogen-bond acceptors (Lipinski definition) is 5. The van der Waals surface area contributed by atoms with Crippen LogP contribution < -0.4 is 5.32 Å². The maximum absolute atomic E-state index is 13.3. The zero-order valence-corrected chi connectivity index (χ0v) is 20.9. The summed E-state index contributed by atoms with van der Waals surface area (Å²) < 4.78 is 6.06. The lowest BCUT2D eigenvalue weighted by atomic mass is 9.85. The quantitative estimate of drug-likeness (QED) is 0.316. The van der Waals surface area contributed by atoms with Gasteiger partial charge in [-0.05, 0) is 42.0 Å². The highest BCUT2D eigenvalue weighted by Gasteiger charge is 2.61. The first-order chi connectivity index (χ1) is 16.8. The monoisotopic (exact) mass is 556 g/mol. The van der Waals surface area contributed by atoms with Crippen molar-refractivity contribution in [1.82, 2.24) is 4.90 Å². The van der Waals surface area contributed by atoms with Gasteiger partial charge in [0.05, 0.1) is 22.5 Å². The Hall–Kier alpha value is -2.97. The summed E-state index contributed by atoms with van der Waals surface area (Å²) in [5.74, 6) is -2.84. The molecule has 5 rings (SSSR count). The molecule has 9 heteroatoms. The number of esters is 1. The highest BCUT2D eigenvalue weighted by Crippen LogP contribution is 2.53. The van der Waals surface area contributed by atoms with Gasteiger partial charge in [-0.2, -0.15) is 0 Å². The normalized spacial score (nSPS) is 25.0. The van der Waals surface area contributed by atoms with E-state index >= 15 is 0 Å². The lowest BCUT2D eigenvalue weighted by molar-refractivity contribution is -0.160. The summed E-state index contributed by atoms with van der Waals surface area (Å²) in [5, 5.41) is 2.92. The van der Waals surface area contributed by atoms with Gasteiger partial charge in [-0.3, -0.25) is 19.3 Å². The second-order valence-electron chi connectivity index (χ2n) is 9.03. The molecule has 2 bridgehead atoms. The number of amides is 3. The molecule has 35 heavy (non-hydrogen) atoms. The molecule has 1 N–H and O–H groups in total. The van der Waals surface area contributed by atoms with E-state index < -0.39 is 36.4 Å². The molecule has 3 aliphatic rings. The molecule has 2 aliphatic carbocycles. The molecule has 0 unspecified atom stereocenters. The molecule has 1 heterocycles. The lowest BCUT2D eigenvalue weighted by Gasteiger charge is -2.26. The Balaban J connectivity index is 1.32. The largest absolute Gasteiger partial charge is 0.454 e. The third-order valence-corrected chi connectivity index (χ3v) is 7.72. The van der Waals surface area contributed by atoms with Gasteiger partial charge < -0.3 is 10.1 Å². The van der Waals surface area contributed by atoms with E-state index in [0.717, 1.165) is 21.4 Å². The van der Waals surface area contributed by atoms with E-state index in [1.165, 1.54) is 0 Å². The van der Waals surface area contributed by atoms with Gasteiger partial charge in [0.25, 0.3) is 5.91 Å². The highest BCUT2D eigenvalue weighted by atomic mass is 79.9. The lowest BCUT2D eigenvalue weighted by Crippen LogP contribution is -2.48. The van der Waals surface area contributed by atoms with Gasteiger partial charge >= 0.3 is 5.97 Å². The van der Waals surface area contributed by atoms with Crippen LogP contribution in [0.15, 0.2) is 65.2 Å². The number of nitrogens with zero attached hydrogens (tertiary/aromatic N) is 1. The van der Waals surface area contributed by atoms with Gasteiger partial charge in [-0.25, -0.2) is 4.79 Å². The number of carbonyl (C=O) groups excluding carboxylic acids is 4. The van der Waals surface area contributed by atoms with Crippen molar-refractivity contribution in [3.63, 3.8) is 0 Å². The molecule has 0 radical (unpaired) electrons. The van der Waals surface area contributed by atoms with Crippen molar-refractivity contribution in [2.75, 3.05) is 11.9 Å². The topological polar surface area (TPSA) is 92.8 Å². The van der Waals surface area contributed by atoms with Gasteiger partial charge in [0.1, 0.15) is 6.04 Å². The van der Waals surface area contributed by atoms with Crippen LogP contribution in [0.25, 0.3) is 0 Å². The molecule has 180 valence electrons. The fourth-order valence-corrected chi connectivity index (χ4v) is 6.08. The summed E-state index contributed by atoms with van der Waals surface area (Å²) in [7, 11) is 0. The van der Waals surface area contributed by atoms with Crippen LogP contribution in [0, 0.1) is 23.7 Å². The minimum atomic E-state index is -1.15. The number of allylic oxidation sites excluding steroid dienone is 2. The molecule has 2 aromatic rings. The Morgan fingerprint density at radius 2 is 1.71 bits per heavy atom. The molecule has 7 nitrogen and oxygen atoms in total. The third-order valence-electron chi connectivity index (χ3n) is 6.91. The van der Waals surface area contributed by atoms with Crippen LogP contribution in [0.1, 0.15) is 12.0 Å². The number of ether oxygens (including phenoxy) is 1. The standard InChI is InChI=1S/C26H22BrClN2O5/c27-17-8-9-19(18(28)12-17)29-21(31)13-35-26(34)20(10-14-4-2-1-3-5-14)30-24(32)22-15-6-7-16(11-15)23(22)25(30)33/h1-9,12,15-16,20,22-23H,10-11,13H2,(H,29,31)/t15-,16-,20-,22-,23-/m0/s1. The first kappa shape index (κ1) is 23.8. The number of benzene rings is 2. The predicted molar refractivity (Wildman–Crippen MR) is 132 cm³/mol. The van der Waals surface area contributed by atoms with Crippen molar-refractivity contribution >= 4 is 56.9 Å². The van der Waals surface area contributed by atoms with Crippen LogP contribution in [-0.4, -0.2) is 41.2 Å². The number of hydrogen-bond donors (Lipinski definition) is 1. The smallest absolute Gasteiger partial charge is 0.330 e. The van der Waals surface area contributed by atoms with Crippen molar-refractivity contribution in [1.29, 1.82) is 0 Å². The van der Waals surface area contributed by atoms with Crippen molar-refractivity contribution in [3.8, 4) is 0 Å². The molecule has 1 saturated carbocycles. The SMILES string of the molecule is O=C(COC(=O)[C@H](Cc1ccccc1)N1C(=O)[C@@H]2[C@@H](C1=O)[C@H]1C=C[C@H]2C1)Nc1ccc(Br)cc1Cl. The Morgan fingerprint density at radius 1 is 1.06 bits per heavy atom. The van der Waals surface area contributed by atoms with Gasteiger partial charge in [-0.1, -0.05) is 70.0 Å². The van der Waals surface area contributed by atoms with Crippen molar-refractivity contribution < 1.29 is 23.9 Å². The fourth-order valence-electron chi connectivity index (χ4n) is 5.36. The first-order valence-corrected chi connectivity index (χ1v) is 12.5. The van der Waals surface area contributed by atoms with Crippen LogP contribution in [0.3, 0.4) is 0 Å². The Kier molecular flexibility index (Phi) is 6.51. The molecular formula is C26H22BrClN2O5. The highest BCUT2D eigenvalue weighted by molar-refractivity contribution is 9.10. The average Bonchev–Trinajstić information content (AvgIpc) is 3.52. The van der Waals surface area contributed by atoms with E-state index in [4.69, 9.17) is 16.3 Å². The summed E-state index contributed by atoms with van der Waals surface area (Å²) >= 11 is 9.43. The van der Waals surface area contributed by atoms with Crippen LogP contribution >= 0.6 is 27.5 Å². The summed E-state index contributed by atoms with van der Waals surface area (Å²) in [4.78, 5) is 53.4. The van der Waals surface area contributed by atoms with E-state index in [-0.39, 0.29) is 30.1 Å². The minimum absolute atomic E-state index is 0.0290. The van der Waals surface area contributed by atoms with Crippen LogP contribution in [0.4, 0.5) is 5.69 Å². The number of rotatable bonds is 7. The Morgan fingerprint density at radius 3 is 2.34 bits per heavy atom. The van der Waals surface area contributed by atoms with Gasteiger partial charge in [0.2, 0.25) is 11.8 Å². The van der Waals surface area contributed by atoms with Gasteiger partial charge in [0.15, 0.2) is 6.61 Å². The number of halogens is 2. The van der Waals surface area contributed by atoms with Crippen LogP contribution in [-0.2, 0) is 30.3 Å². The molecule has 5 atom stereocenters. The Bertz CT molecular complexity index is 1200. The molecule has 0 spiro atoms. The maximum Gasteiger partial charge on any atom is 0.330 e. The second-order valence-corrected chi connectivity index (χ2v) is 10.4. The zero-order chi connectivity index (χ0) is 24.7. The fraction of sp³-hybridized carbons (Fsp3) is 0.308. The maximum atomic E-state index is 13.3. The van der Waals surface area contributed by atoms with Crippen molar-refractivity contribution in [3.05, 3.63) is 75.7 Å². The number of imide groups is 1. The molecule has 3 amide bonds. The third kappa shape index (κ3) is 4.52. The van der Waals surface area contributed by atoms with Crippen molar-refractivity contribution in [2.45, 2.75) is 18.9 Å². The second kappa shape index (κ2) is 9.59. The summed E-state index contributed by atoms with van der Waals surface area (Å²) in [6.45, 7) is -0.577. The molecule has 0 aromatic heterocycles. The number of carbonyl (C=O) groups is 4.